The highest BCUT2D eigenvalue weighted by molar-refractivity contribution is 6.05. The minimum absolute atomic E-state index is 0.0550. The first-order valence-electron chi connectivity index (χ1n) is 10.5. The second kappa shape index (κ2) is 9.84. The van der Waals surface area contributed by atoms with E-state index in [9.17, 15) is 24.0 Å². The summed E-state index contributed by atoms with van der Waals surface area (Å²) in [5.41, 5.74) is -2.07. The number of hydrogen-bond donors (Lipinski definition) is 2. The van der Waals surface area contributed by atoms with Crippen LogP contribution in [0.1, 0.15) is 66.2 Å². The average Bonchev–Trinajstić information content (AvgIpc) is 2.88. The van der Waals surface area contributed by atoms with Crippen molar-refractivity contribution in [3.05, 3.63) is 31.5 Å². The van der Waals surface area contributed by atoms with Crippen LogP contribution in [0, 0.1) is 17.8 Å². The fourth-order valence-electron chi connectivity index (χ4n) is 3.73. The fourth-order valence-corrected chi connectivity index (χ4v) is 3.73. The molecule has 2 N–H and O–H groups in total. The van der Waals surface area contributed by atoms with Crippen LogP contribution >= 0.6 is 0 Å². The van der Waals surface area contributed by atoms with Gasteiger partial charge in [-0.15, -0.1) is 0 Å². The topological polar surface area (TPSA) is 125 Å². The summed E-state index contributed by atoms with van der Waals surface area (Å²) in [4.78, 5) is 62.5. The normalized spacial score (nSPS) is 23.7. The van der Waals surface area contributed by atoms with Gasteiger partial charge in [0.2, 0.25) is 11.8 Å². The van der Waals surface area contributed by atoms with Crippen molar-refractivity contribution in [2.75, 3.05) is 0 Å². The van der Waals surface area contributed by atoms with E-state index in [1.54, 1.807) is 4.90 Å². The zero-order valence-electron chi connectivity index (χ0n) is 17.7. The molecule has 1 aliphatic heterocycles. The summed E-state index contributed by atoms with van der Waals surface area (Å²) in [6.45, 7) is 7.95. The van der Waals surface area contributed by atoms with Crippen LogP contribution in [0.2, 0.25) is 0 Å². The zero-order valence-corrected chi connectivity index (χ0v) is 17.7. The summed E-state index contributed by atoms with van der Waals surface area (Å²) in [6, 6.07) is 0.200. The second-order valence-corrected chi connectivity index (χ2v) is 8.23. The molecule has 0 aromatic carbocycles. The molecule has 9 nitrogen and oxygen atoms in total. The Morgan fingerprint density at radius 3 is 1.83 bits per heavy atom. The van der Waals surface area contributed by atoms with Crippen molar-refractivity contribution in [3.8, 4) is 0 Å². The number of amides is 2. The molecular formula is C20H32N4O5. The Hall–Kier alpha value is -2.45. The summed E-state index contributed by atoms with van der Waals surface area (Å²) in [7, 11) is 0. The van der Waals surface area contributed by atoms with Crippen molar-refractivity contribution in [2.24, 2.45) is 17.8 Å². The quantitative estimate of drug-likeness (QED) is 0.725. The predicted octanol–water partition coefficient (Wildman–Crippen LogP) is 1.23. The van der Waals surface area contributed by atoms with Crippen LogP contribution in [-0.2, 0) is 16.1 Å². The van der Waals surface area contributed by atoms with Crippen LogP contribution in [0.25, 0.3) is 0 Å². The minimum Gasteiger partial charge on any atom is -0.279 e. The van der Waals surface area contributed by atoms with Gasteiger partial charge in [0.05, 0.1) is 0 Å². The Bertz CT molecular complexity index is 839. The van der Waals surface area contributed by atoms with Gasteiger partial charge in [-0.1, -0.05) is 53.4 Å². The Morgan fingerprint density at radius 1 is 0.897 bits per heavy atom. The van der Waals surface area contributed by atoms with Crippen molar-refractivity contribution in [1.29, 1.82) is 0 Å². The van der Waals surface area contributed by atoms with E-state index in [4.69, 9.17) is 0 Å². The fraction of sp³-hybridized carbons (Fsp3) is 0.750. The van der Waals surface area contributed by atoms with Gasteiger partial charge in [-0.2, -0.15) is 0 Å². The van der Waals surface area contributed by atoms with E-state index in [0.29, 0.717) is 6.54 Å². The highest BCUT2D eigenvalue weighted by atomic mass is 16.2. The van der Waals surface area contributed by atoms with Gasteiger partial charge >= 0.3 is 17.1 Å². The third-order valence-corrected chi connectivity index (χ3v) is 6.07. The highest BCUT2D eigenvalue weighted by Gasteiger charge is 2.45. The molecule has 3 atom stereocenters. The molecule has 2 aliphatic rings. The molecule has 0 bridgehead atoms. The smallest absolute Gasteiger partial charge is 0.279 e. The third kappa shape index (κ3) is 5.33. The highest BCUT2D eigenvalue weighted by Crippen LogP contribution is 2.32. The summed E-state index contributed by atoms with van der Waals surface area (Å²) in [6.07, 6.45) is 6.45. The second-order valence-electron chi connectivity index (χ2n) is 8.23. The summed E-state index contributed by atoms with van der Waals surface area (Å²) >= 11 is 0. The first-order chi connectivity index (χ1) is 13.7. The van der Waals surface area contributed by atoms with E-state index in [1.165, 1.54) is 6.42 Å². The van der Waals surface area contributed by atoms with Gasteiger partial charge in [0.25, 0.3) is 0 Å². The maximum atomic E-state index is 11.9. The van der Waals surface area contributed by atoms with E-state index < -0.39 is 17.1 Å². The average molecular weight is 408 g/mol. The van der Waals surface area contributed by atoms with Crippen molar-refractivity contribution < 1.29 is 9.59 Å². The number of carbonyl (C=O) groups excluding carboxylic acids is 2. The predicted molar refractivity (Wildman–Crippen MR) is 108 cm³/mol. The summed E-state index contributed by atoms with van der Waals surface area (Å²) in [5, 5.41) is 0. The lowest BCUT2D eigenvalue weighted by Crippen LogP contribution is -2.44. The molecule has 3 unspecified atom stereocenters. The van der Waals surface area contributed by atoms with Gasteiger partial charge in [0.1, 0.15) is 0 Å². The monoisotopic (exact) mass is 408 g/mol. The number of H-pyrrole nitrogens is 2. The van der Waals surface area contributed by atoms with Crippen molar-refractivity contribution in [2.45, 2.75) is 78.8 Å². The number of nitrogens with one attached hydrogen (secondary N) is 2. The lowest BCUT2D eigenvalue weighted by molar-refractivity contribution is -0.143. The largest absolute Gasteiger partial charge is 0.333 e. The molecule has 2 amide bonds. The number of rotatable bonds is 4. The van der Waals surface area contributed by atoms with Crippen LogP contribution in [0.4, 0.5) is 0 Å². The van der Waals surface area contributed by atoms with Gasteiger partial charge in [0.15, 0.2) is 0 Å². The molecule has 1 aromatic heterocycles. The van der Waals surface area contributed by atoms with Crippen LogP contribution in [0.15, 0.2) is 14.4 Å². The number of aromatic amines is 2. The molecule has 29 heavy (non-hydrogen) atoms. The Kier molecular flexibility index (Phi) is 7.75. The molecule has 162 valence electrons. The number of carbonyl (C=O) groups is 2. The third-order valence-electron chi connectivity index (χ3n) is 6.07. The van der Waals surface area contributed by atoms with Crippen molar-refractivity contribution >= 4 is 11.8 Å². The van der Waals surface area contributed by atoms with Gasteiger partial charge in [-0.3, -0.25) is 24.5 Å². The molecule has 1 saturated heterocycles. The molecule has 9 heteroatoms. The zero-order chi connectivity index (χ0) is 21.7. The number of aromatic nitrogens is 3. The Morgan fingerprint density at radius 2 is 1.38 bits per heavy atom. The molecule has 1 aliphatic carbocycles. The number of hydrogen-bond acceptors (Lipinski definition) is 5. The molecule has 1 saturated carbocycles. The molecule has 2 heterocycles. The number of imide groups is 1. The lowest BCUT2D eigenvalue weighted by atomic mass is 9.94. The molecular weight excluding hydrogens is 376 g/mol. The van der Waals surface area contributed by atoms with E-state index >= 15 is 0 Å². The van der Waals surface area contributed by atoms with Gasteiger partial charge in [-0.25, -0.2) is 19.0 Å². The summed E-state index contributed by atoms with van der Waals surface area (Å²) in [5.74, 6) is 0.109. The van der Waals surface area contributed by atoms with Crippen LogP contribution in [-0.4, -0.2) is 37.3 Å². The van der Waals surface area contributed by atoms with E-state index in [2.05, 4.69) is 0 Å². The van der Waals surface area contributed by atoms with Crippen LogP contribution in [0.5, 0.6) is 0 Å². The Labute approximate surface area is 169 Å². The van der Waals surface area contributed by atoms with Crippen molar-refractivity contribution in [3.63, 3.8) is 0 Å². The van der Waals surface area contributed by atoms with Crippen molar-refractivity contribution in [1.82, 2.24) is 19.4 Å². The molecule has 0 spiro atoms. The maximum absolute atomic E-state index is 11.9. The molecule has 3 rings (SSSR count). The SMILES string of the molecule is CC1C(=O)N(C2CCCCC2)C(=O)C1C.CCC(C)Cn1c(=O)[nH]c(=O)[nH]c1=O. The lowest BCUT2D eigenvalue weighted by Gasteiger charge is -2.29. The first-order valence-corrected chi connectivity index (χ1v) is 10.5. The van der Waals surface area contributed by atoms with E-state index in [0.717, 1.165) is 36.7 Å². The number of likely N-dealkylation sites (tertiary alicyclic amines) is 1. The Balaban J connectivity index is 0.000000208. The minimum atomic E-state index is -0.764. The first kappa shape index (κ1) is 22.8. The van der Waals surface area contributed by atoms with Gasteiger partial charge < -0.3 is 0 Å². The maximum Gasteiger partial charge on any atom is 0.333 e. The van der Waals surface area contributed by atoms with Gasteiger partial charge in [-0.05, 0) is 18.8 Å². The molecule has 2 fully saturated rings. The standard InChI is InChI=1S/C12H19NO2.C8H13N3O3/c1-8-9(2)12(15)13(11(8)14)10-6-4-3-5-7-10;1-3-5(2)4-11-7(13)9-6(12)10-8(11)14/h8-10H,3-7H2,1-2H3;5H,3-4H2,1-2H3,(H2,9,10,12,13,14). The van der Waals surface area contributed by atoms with E-state index in [1.807, 2.05) is 37.7 Å². The molecule has 1 aromatic rings. The van der Waals surface area contributed by atoms with Crippen LogP contribution in [0.3, 0.4) is 0 Å². The number of nitrogens with zero attached hydrogens (tertiary/aromatic N) is 2. The van der Waals surface area contributed by atoms with Crippen LogP contribution < -0.4 is 17.1 Å². The van der Waals surface area contributed by atoms with E-state index in [-0.39, 0.29) is 35.6 Å². The summed E-state index contributed by atoms with van der Waals surface area (Å²) < 4.78 is 0.996. The van der Waals surface area contributed by atoms with Gasteiger partial charge in [0, 0.05) is 24.4 Å². The molecule has 0 radical (unpaired) electrons.